The van der Waals surface area contributed by atoms with Crippen LogP contribution in [-0.4, -0.2) is 44.2 Å². The summed E-state index contributed by atoms with van der Waals surface area (Å²) in [5.41, 5.74) is 0. The summed E-state index contributed by atoms with van der Waals surface area (Å²) < 4.78 is 42.7. The van der Waals surface area contributed by atoms with Crippen LogP contribution in [0, 0.1) is 0 Å². The van der Waals surface area contributed by atoms with E-state index in [-0.39, 0.29) is 13.9 Å². The van der Waals surface area contributed by atoms with E-state index in [9.17, 15) is 0 Å². The van der Waals surface area contributed by atoms with Crippen molar-refractivity contribution in [3.05, 3.63) is 0 Å². The van der Waals surface area contributed by atoms with E-state index in [1.807, 2.05) is 13.8 Å². The van der Waals surface area contributed by atoms with Crippen molar-refractivity contribution in [3.8, 4) is 0 Å². The maximum Gasteiger partial charge on any atom is 1.00 e. The highest BCUT2D eigenvalue weighted by atomic mass is 32.3. The third-order valence-corrected chi connectivity index (χ3v) is 1.18. The molecule has 0 aliphatic carbocycles. The van der Waals surface area contributed by atoms with Gasteiger partial charge < -0.3 is 14.0 Å². The van der Waals surface area contributed by atoms with Gasteiger partial charge in [-0.3, -0.25) is 9.87 Å². The Morgan fingerprint density at radius 3 is 1.64 bits per heavy atom. The van der Waals surface area contributed by atoms with E-state index < -0.39 is 10.4 Å². The van der Waals surface area contributed by atoms with E-state index in [0.29, 0.717) is 0 Å². The lowest BCUT2D eigenvalue weighted by Gasteiger charge is -2.16. The fraction of sp³-hybridized carbons (Fsp3) is 1.00. The molecule has 8 heteroatoms. The van der Waals surface area contributed by atoms with Gasteiger partial charge in [-0.15, -0.1) is 0 Å². The Kier molecular flexibility index (Phi) is 9.36. The van der Waals surface area contributed by atoms with Crippen molar-refractivity contribution in [2.45, 2.75) is 26.3 Å². The van der Waals surface area contributed by atoms with Gasteiger partial charge >= 0.3 is 1.43 Å². The molecule has 0 aliphatic heterocycles. The van der Waals surface area contributed by atoms with Crippen LogP contribution >= 0.6 is 0 Å². The number of ether oxygens (including phenoxy) is 2. The van der Waals surface area contributed by atoms with Gasteiger partial charge in [0, 0.05) is 14.2 Å². The Balaban J connectivity index is -0.000000208. The number of nitrogens with one attached hydrogen (secondary N) is 1. The highest BCUT2D eigenvalue weighted by molar-refractivity contribution is 7.79. The third kappa shape index (κ3) is 22.6. The van der Waals surface area contributed by atoms with Crippen molar-refractivity contribution >= 4 is 10.4 Å². The Morgan fingerprint density at radius 2 is 1.50 bits per heavy atom. The SMILES string of the molecule is COC(C)NC(C)OC.O=S(=O)([O-])O.[H+]. The Morgan fingerprint density at radius 1 is 1.29 bits per heavy atom. The van der Waals surface area contributed by atoms with Crippen molar-refractivity contribution in [1.29, 1.82) is 0 Å². The Bertz CT molecular complexity index is 206. The molecule has 0 heterocycles. The standard InChI is InChI=1S/C6H15NO2.H2O4S/c1-5(8-3)7-6(2)9-4;1-5(2,3)4/h5-7H,1-4H3;(H2,1,2,3,4). The first-order valence-corrected chi connectivity index (χ1v) is 5.07. The van der Waals surface area contributed by atoms with Gasteiger partial charge in [0.25, 0.3) is 0 Å². The summed E-state index contributed by atoms with van der Waals surface area (Å²) in [5.74, 6) is 0. The predicted octanol–water partition coefficient (Wildman–Crippen LogP) is -0.322. The highest BCUT2D eigenvalue weighted by Crippen LogP contribution is 1.86. The van der Waals surface area contributed by atoms with Gasteiger partial charge in [0.2, 0.25) is 10.4 Å². The summed E-state index contributed by atoms with van der Waals surface area (Å²) in [6.07, 6.45) is 0.111. The van der Waals surface area contributed by atoms with Gasteiger partial charge in [-0.05, 0) is 13.8 Å². The summed E-state index contributed by atoms with van der Waals surface area (Å²) in [7, 11) is -1.61. The minimum Gasteiger partial charge on any atom is -0.726 e. The minimum absolute atomic E-state index is 0. The predicted molar refractivity (Wildman–Crippen MR) is 49.5 cm³/mol. The molecule has 0 aromatic heterocycles. The van der Waals surface area contributed by atoms with Crippen molar-refractivity contribution in [3.63, 3.8) is 0 Å². The van der Waals surface area contributed by atoms with Crippen LogP contribution in [-0.2, 0) is 19.9 Å². The van der Waals surface area contributed by atoms with E-state index in [1.165, 1.54) is 0 Å². The second-order valence-corrected chi connectivity index (χ2v) is 3.21. The Hall–Kier alpha value is -0.250. The van der Waals surface area contributed by atoms with Crippen LogP contribution < -0.4 is 5.32 Å². The lowest BCUT2D eigenvalue weighted by atomic mass is 10.5. The van der Waals surface area contributed by atoms with E-state index in [0.717, 1.165) is 0 Å². The molecule has 0 saturated heterocycles. The van der Waals surface area contributed by atoms with Crippen LogP contribution in [0.4, 0.5) is 0 Å². The van der Waals surface area contributed by atoms with Crippen molar-refractivity contribution in [2.75, 3.05) is 14.2 Å². The van der Waals surface area contributed by atoms with Crippen molar-refractivity contribution in [1.82, 2.24) is 5.32 Å². The molecule has 0 saturated carbocycles. The maximum absolute atomic E-state index is 8.63. The van der Waals surface area contributed by atoms with Crippen LogP contribution in [0.15, 0.2) is 0 Å². The first-order valence-electron chi connectivity index (χ1n) is 3.70. The lowest BCUT2D eigenvalue weighted by Crippen LogP contribution is -2.36. The maximum atomic E-state index is 8.63. The molecule has 0 aromatic rings. The molecule has 2 atom stereocenters. The van der Waals surface area contributed by atoms with Gasteiger partial charge in [-0.2, -0.15) is 0 Å². The number of hydrogen-bond donors (Lipinski definition) is 2. The molecule has 0 bridgehead atoms. The number of hydrogen-bond acceptors (Lipinski definition) is 6. The molecule has 0 fully saturated rings. The molecule has 0 spiro atoms. The van der Waals surface area contributed by atoms with Crippen molar-refractivity contribution < 1.29 is 28.4 Å². The zero-order valence-electron chi connectivity index (χ0n) is 9.55. The fourth-order valence-electron chi connectivity index (χ4n) is 0.467. The van der Waals surface area contributed by atoms with Crippen LogP contribution in [0.1, 0.15) is 15.3 Å². The highest BCUT2D eigenvalue weighted by Gasteiger charge is 2.01. The topological polar surface area (TPSA) is 108 Å². The van der Waals surface area contributed by atoms with Gasteiger partial charge in [0.15, 0.2) is 0 Å². The molecule has 0 radical (unpaired) electrons. The summed E-state index contributed by atoms with van der Waals surface area (Å²) >= 11 is 0. The van der Waals surface area contributed by atoms with E-state index in [4.69, 9.17) is 27.0 Å². The smallest absolute Gasteiger partial charge is 0.726 e. The zero-order chi connectivity index (χ0) is 11.8. The molecule has 2 N–H and O–H groups in total. The van der Waals surface area contributed by atoms with Crippen LogP contribution in [0.5, 0.6) is 0 Å². The summed E-state index contributed by atoms with van der Waals surface area (Å²) in [5, 5.41) is 3.03. The quantitative estimate of drug-likeness (QED) is 0.387. The van der Waals surface area contributed by atoms with E-state index in [2.05, 4.69) is 5.32 Å². The third-order valence-electron chi connectivity index (χ3n) is 1.18. The molecular formula is C6H17NO6S. The Labute approximate surface area is 85.5 Å². The van der Waals surface area contributed by atoms with Crippen LogP contribution in [0.3, 0.4) is 0 Å². The van der Waals surface area contributed by atoms with Gasteiger partial charge in [-0.25, -0.2) is 8.42 Å². The zero-order valence-corrected chi connectivity index (χ0v) is 9.37. The van der Waals surface area contributed by atoms with E-state index in [1.54, 1.807) is 14.2 Å². The molecule has 88 valence electrons. The summed E-state index contributed by atoms with van der Waals surface area (Å²) in [6.45, 7) is 3.85. The molecule has 14 heavy (non-hydrogen) atoms. The second-order valence-electron chi connectivity index (χ2n) is 2.35. The lowest BCUT2D eigenvalue weighted by molar-refractivity contribution is 0.00787. The van der Waals surface area contributed by atoms with Crippen LogP contribution in [0.25, 0.3) is 0 Å². The number of methoxy groups -OCH3 is 2. The average Bonchev–Trinajstić information content (AvgIpc) is 2.01. The first-order chi connectivity index (χ1) is 6.20. The molecular weight excluding hydrogens is 214 g/mol. The minimum atomic E-state index is -4.92. The number of rotatable bonds is 4. The second kappa shape index (κ2) is 8.09. The van der Waals surface area contributed by atoms with Gasteiger partial charge in [0.1, 0.15) is 12.5 Å². The van der Waals surface area contributed by atoms with Gasteiger partial charge in [0.05, 0.1) is 0 Å². The normalized spacial score (nSPS) is 15.3. The fourth-order valence-corrected chi connectivity index (χ4v) is 0.467. The molecule has 0 aromatic carbocycles. The monoisotopic (exact) mass is 231 g/mol. The first kappa shape index (κ1) is 16.2. The molecule has 7 nitrogen and oxygen atoms in total. The largest absolute Gasteiger partial charge is 1.00 e. The molecule has 0 amide bonds. The molecule has 2 unspecified atom stereocenters. The molecule has 0 rings (SSSR count). The van der Waals surface area contributed by atoms with E-state index >= 15 is 0 Å². The van der Waals surface area contributed by atoms with Crippen LogP contribution in [0.2, 0.25) is 0 Å². The van der Waals surface area contributed by atoms with Gasteiger partial charge in [-0.1, -0.05) is 0 Å². The summed E-state index contributed by atoms with van der Waals surface area (Å²) in [6, 6.07) is 0. The molecule has 0 aliphatic rings. The summed E-state index contributed by atoms with van der Waals surface area (Å²) in [4.78, 5) is 0. The average molecular weight is 231 g/mol. The van der Waals surface area contributed by atoms with Crippen molar-refractivity contribution in [2.24, 2.45) is 0 Å².